The molecular weight excluding hydrogens is 350 g/mol. The van der Waals surface area contributed by atoms with E-state index in [1.54, 1.807) is 30.3 Å². The Kier molecular flexibility index (Phi) is 5.32. The Hall–Kier alpha value is -2.73. The fourth-order valence-electron chi connectivity index (χ4n) is 2.84. The quantitative estimate of drug-likeness (QED) is 0.609. The van der Waals surface area contributed by atoms with E-state index in [0.717, 1.165) is 11.3 Å². The summed E-state index contributed by atoms with van der Waals surface area (Å²) in [4.78, 5) is 23.8. The van der Waals surface area contributed by atoms with Crippen molar-refractivity contribution in [1.82, 2.24) is 0 Å². The highest BCUT2D eigenvalue weighted by molar-refractivity contribution is 7.99. The normalized spacial score (nSPS) is 12.1. The van der Waals surface area contributed by atoms with Crippen LogP contribution in [0.1, 0.15) is 35.8 Å². The van der Waals surface area contributed by atoms with Crippen molar-refractivity contribution in [3.8, 4) is 0 Å². The van der Waals surface area contributed by atoms with Gasteiger partial charge in [-0.2, -0.15) is 0 Å². The molecule has 0 radical (unpaired) electrons. The van der Waals surface area contributed by atoms with Gasteiger partial charge < -0.3 is 14.8 Å². The molecule has 1 unspecified atom stereocenters. The number of hydrogen-bond donors (Lipinski definition) is 2. The number of carboxylic acid groups (broad SMARTS) is 1. The number of aromatic carboxylic acids is 1. The van der Waals surface area contributed by atoms with E-state index in [1.807, 2.05) is 26.0 Å². The molecule has 0 bridgehead atoms. The molecule has 1 heterocycles. The molecule has 3 rings (SSSR count). The number of anilines is 1. The first kappa shape index (κ1) is 18.1. The summed E-state index contributed by atoms with van der Waals surface area (Å²) in [7, 11) is 0. The van der Waals surface area contributed by atoms with Crippen LogP contribution in [0.15, 0.2) is 62.8 Å². The minimum absolute atomic E-state index is 0.0813. The fourth-order valence-corrected chi connectivity index (χ4v) is 3.46. The zero-order chi connectivity index (χ0) is 18.7. The second-order valence-corrected chi connectivity index (χ2v) is 7.07. The summed E-state index contributed by atoms with van der Waals surface area (Å²) in [5.74, 6) is -0.192. The molecule has 5 nitrogen and oxygen atoms in total. The Morgan fingerprint density at radius 2 is 2.00 bits per heavy atom. The number of fused-ring (bicyclic) bond motifs is 1. The Morgan fingerprint density at radius 1 is 1.23 bits per heavy atom. The van der Waals surface area contributed by atoms with E-state index < -0.39 is 5.97 Å². The van der Waals surface area contributed by atoms with E-state index >= 15 is 0 Å². The molecule has 6 heteroatoms. The first-order valence-corrected chi connectivity index (χ1v) is 9.28. The molecule has 26 heavy (non-hydrogen) atoms. The van der Waals surface area contributed by atoms with Crippen molar-refractivity contribution in [2.24, 2.45) is 0 Å². The van der Waals surface area contributed by atoms with Crippen molar-refractivity contribution in [2.45, 2.75) is 25.0 Å². The van der Waals surface area contributed by atoms with Crippen molar-refractivity contribution in [3.63, 3.8) is 0 Å². The SMILES string of the molecule is CCSc1cc(=O)c2cccc(C(C)Nc3ccccc3C(=O)O)c2o1. The molecule has 2 N–H and O–H groups in total. The summed E-state index contributed by atoms with van der Waals surface area (Å²) in [6.07, 6.45) is 0. The first-order chi connectivity index (χ1) is 12.5. The molecule has 0 saturated carbocycles. The van der Waals surface area contributed by atoms with Crippen molar-refractivity contribution in [1.29, 1.82) is 0 Å². The Morgan fingerprint density at radius 3 is 2.73 bits per heavy atom. The zero-order valence-corrected chi connectivity index (χ0v) is 15.3. The first-order valence-electron chi connectivity index (χ1n) is 8.29. The van der Waals surface area contributed by atoms with Gasteiger partial charge in [0.05, 0.1) is 17.0 Å². The lowest BCUT2D eigenvalue weighted by molar-refractivity contribution is 0.0698. The highest BCUT2D eigenvalue weighted by Crippen LogP contribution is 2.29. The van der Waals surface area contributed by atoms with Gasteiger partial charge in [-0.25, -0.2) is 4.79 Å². The predicted molar refractivity (Wildman–Crippen MR) is 104 cm³/mol. The van der Waals surface area contributed by atoms with Gasteiger partial charge in [0.25, 0.3) is 0 Å². The van der Waals surface area contributed by atoms with Gasteiger partial charge in [0.1, 0.15) is 5.58 Å². The molecular formula is C20H19NO4S. The van der Waals surface area contributed by atoms with Crippen LogP contribution in [-0.4, -0.2) is 16.8 Å². The van der Waals surface area contributed by atoms with Gasteiger partial charge in [-0.1, -0.05) is 43.0 Å². The minimum Gasteiger partial charge on any atom is -0.478 e. The van der Waals surface area contributed by atoms with Crippen LogP contribution in [0.3, 0.4) is 0 Å². The fraction of sp³-hybridized carbons (Fsp3) is 0.200. The van der Waals surface area contributed by atoms with Crippen molar-refractivity contribution in [2.75, 3.05) is 11.1 Å². The van der Waals surface area contributed by atoms with Gasteiger partial charge in [-0.15, -0.1) is 0 Å². The van der Waals surface area contributed by atoms with E-state index in [9.17, 15) is 14.7 Å². The number of carboxylic acids is 1. The molecule has 0 spiro atoms. The summed E-state index contributed by atoms with van der Waals surface area (Å²) in [6, 6.07) is 13.4. The van der Waals surface area contributed by atoms with Crippen LogP contribution in [0.2, 0.25) is 0 Å². The third-order valence-corrected chi connectivity index (χ3v) is 4.82. The number of nitrogens with one attached hydrogen (secondary N) is 1. The van der Waals surface area contributed by atoms with Crippen LogP contribution in [-0.2, 0) is 0 Å². The molecule has 0 fully saturated rings. The Labute approximate surface area is 155 Å². The van der Waals surface area contributed by atoms with Gasteiger partial charge in [-0.05, 0) is 30.9 Å². The molecule has 0 aliphatic carbocycles. The molecule has 134 valence electrons. The third kappa shape index (κ3) is 3.60. The van der Waals surface area contributed by atoms with Crippen molar-refractivity contribution in [3.05, 3.63) is 69.9 Å². The smallest absolute Gasteiger partial charge is 0.337 e. The zero-order valence-electron chi connectivity index (χ0n) is 14.5. The topological polar surface area (TPSA) is 79.5 Å². The molecule has 3 aromatic rings. The Balaban J connectivity index is 2.05. The maximum absolute atomic E-state index is 12.4. The second kappa shape index (κ2) is 7.66. The molecule has 0 aliphatic rings. The average Bonchev–Trinajstić information content (AvgIpc) is 2.62. The van der Waals surface area contributed by atoms with Gasteiger partial charge in [0, 0.05) is 17.3 Å². The molecule has 1 aromatic heterocycles. The third-order valence-electron chi connectivity index (χ3n) is 4.05. The number of thioether (sulfide) groups is 1. The highest BCUT2D eigenvalue weighted by atomic mass is 32.2. The van der Waals surface area contributed by atoms with Crippen molar-refractivity contribution >= 4 is 34.4 Å². The van der Waals surface area contributed by atoms with Crippen LogP contribution < -0.4 is 10.7 Å². The average molecular weight is 369 g/mol. The minimum atomic E-state index is -0.994. The number of para-hydroxylation sites is 2. The molecule has 0 aliphatic heterocycles. The van der Waals surface area contributed by atoms with E-state index in [4.69, 9.17) is 4.42 Å². The molecule has 2 aromatic carbocycles. The van der Waals surface area contributed by atoms with E-state index in [-0.39, 0.29) is 17.0 Å². The summed E-state index contributed by atoms with van der Waals surface area (Å²) in [6.45, 7) is 3.90. The second-order valence-electron chi connectivity index (χ2n) is 5.80. The predicted octanol–water partition coefficient (Wildman–Crippen LogP) is 4.78. The standard InChI is InChI=1S/C20H19NO4S/c1-3-26-18-11-17(22)15-9-6-8-13(19(15)25-18)12(2)21-16-10-5-4-7-14(16)20(23)24/h4-12,21H,3H2,1-2H3,(H,23,24). The monoisotopic (exact) mass is 369 g/mol. The van der Waals surface area contributed by atoms with Crippen molar-refractivity contribution < 1.29 is 14.3 Å². The molecule has 0 amide bonds. The van der Waals surface area contributed by atoms with Gasteiger partial charge in [-0.3, -0.25) is 4.79 Å². The summed E-state index contributed by atoms with van der Waals surface area (Å²) in [5, 5.41) is 13.7. The summed E-state index contributed by atoms with van der Waals surface area (Å²) < 4.78 is 5.96. The van der Waals surface area contributed by atoms with Crippen LogP contribution >= 0.6 is 11.8 Å². The van der Waals surface area contributed by atoms with E-state index in [0.29, 0.717) is 21.7 Å². The molecule has 0 saturated heterocycles. The van der Waals surface area contributed by atoms with Crippen LogP contribution in [0, 0.1) is 0 Å². The van der Waals surface area contributed by atoms with Gasteiger partial charge >= 0.3 is 5.97 Å². The summed E-state index contributed by atoms with van der Waals surface area (Å²) >= 11 is 1.47. The number of carbonyl (C=O) groups is 1. The largest absolute Gasteiger partial charge is 0.478 e. The van der Waals surface area contributed by atoms with E-state index in [2.05, 4.69) is 5.32 Å². The van der Waals surface area contributed by atoms with Crippen LogP contribution in [0.25, 0.3) is 11.0 Å². The number of hydrogen-bond acceptors (Lipinski definition) is 5. The summed E-state index contributed by atoms with van der Waals surface area (Å²) in [5.41, 5.74) is 1.97. The number of rotatable bonds is 6. The highest BCUT2D eigenvalue weighted by Gasteiger charge is 2.17. The lowest BCUT2D eigenvalue weighted by atomic mass is 10.0. The Bertz CT molecular complexity index is 1010. The lowest BCUT2D eigenvalue weighted by Crippen LogP contribution is -2.12. The molecule has 1 atom stereocenters. The van der Waals surface area contributed by atoms with E-state index in [1.165, 1.54) is 17.8 Å². The maximum atomic E-state index is 12.4. The van der Waals surface area contributed by atoms with Crippen LogP contribution in [0.5, 0.6) is 0 Å². The van der Waals surface area contributed by atoms with Crippen LogP contribution in [0.4, 0.5) is 5.69 Å². The maximum Gasteiger partial charge on any atom is 0.337 e. The lowest BCUT2D eigenvalue weighted by Gasteiger charge is -2.18. The van der Waals surface area contributed by atoms with Gasteiger partial charge in [0.2, 0.25) is 0 Å². The van der Waals surface area contributed by atoms with Gasteiger partial charge in [0.15, 0.2) is 10.5 Å². The number of benzene rings is 2.